The van der Waals surface area contributed by atoms with Crippen LogP contribution in [0.2, 0.25) is 0 Å². The van der Waals surface area contributed by atoms with E-state index in [0.717, 1.165) is 16.6 Å². The highest BCUT2D eigenvalue weighted by Crippen LogP contribution is 2.20. The summed E-state index contributed by atoms with van der Waals surface area (Å²) < 4.78 is 13.1. The van der Waals surface area contributed by atoms with Crippen molar-refractivity contribution in [1.82, 2.24) is 15.0 Å². The van der Waals surface area contributed by atoms with E-state index in [-0.39, 0.29) is 18.2 Å². The fourth-order valence-electron chi connectivity index (χ4n) is 1.63. The molecule has 0 radical (unpaired) electrons. The molecule has 0 fully saturated rings. The Morgan fingerprint density at radius 2 is 2.06 bits per heavy atom. The van der Waals surface area contributed by atoms with Crippen LogP contribution in [0.4, 0.5) is 4.39 Å². The molecule has 0 bridgehead atoms. The Morgan fingerprint density at radius 1 is 1.18 bits per heavy atom. The standard InChI is InChI=1S/C12H8FN3.ClH/c13-9-3-1-2-8(6-9)12-15-10-4-5-14-7-11(10)16-12;/h1-7H,(H,15,16);1H. The first-order valence-electron chi connectivity index (χ1n) is 4.88. The lowest BCUT2D eigenvalue weighted by Gasteiger charge is -1.95. The van der Waals surface area contributed by atoms with Crippen LogP contribution in [0.15, 0.2) is 42.7 Å². The quantitative estimate of drug-likeness (QED) is 0.720. The van der Waals surface area contributed by atoms with Crippen molar-refractivity contribution in [3.8, 4) is 11.4 Å². The third-order valence-corrected chi connectivity index (χ3v) is 2.38. The number of rotatable bonds is 1. The van der Waals surface area contributed by atoms with E-state index in [1.165, 1.54) is 12.1 Å². The van der Waals surface area contributed by atoms with Gasteiger partial charge >= 0.3 is 0 Å². The highest BCUT2D eigenvalue weighted by Gasteiger charge is 2.05. The minimum Gasteiger partial charge on any atom is -0.338 e. The number of nitrogens with zero attached hydrogens (tertiary/aromatic N) is 2. The molecule has 0 saturated carbocycles. The zero-order valence-corrected chi connectivity index (χ0v) is 9.54. The van der Waals surface area contributed by atoms with E-state index in [1.807, 2.05) is 12.1 Å². The molecule has 0 aliphatic rings. The number of aromatic nitrogens is 3. The summed E-state index contributed by atoms with van der Waals surface area (Å²) in [6.07, 6.45) is 3.37. The van der Waals surface area contributed by atoms with Crippen molar-refractivity contribution in [3.63, 3.8) is 0 Å². The van der Waals surface area contributed by atoms with Crippen molar-refractivity contribution in [2.45, 2.75) is 0 Å². The number of hydrogen-bond acceptors (Lipinski definition) is 2. The molecule has 0 amide bonds. The number of fused-ring (bicyclic) bond motifs is 1. The summed E-state index contributed by atoms with van der Waals surface area (Å²) in [6.45, 7) is 0. The number of aromatic amines is 1. The van der Waals surface area contributed by atoms with Crippen LogP contribution < -0.4 is 0 Å². The maximum absolute atomic E-state index is 13.1. The van der Waals surface area contributed by atoms with Gasteiger partial charge in [-0.1, -0.05) is 12.1 Å². The summed E-state index contributed by atoms with van der Waals surface area (Å²) >= 11 is 0. The summed E-state index contributed by atoms with van der Waals surface area (Å²) in [4.78, 5) is 11.4. The Morgan fingerprint density at radius 3 is 2.82 bits per heavy atom. The Labute approximate surface area is 103 Å². The Hall–Kier alpha value is -1.94. The van der Waals surface area contributed by atoms with Gasteiger partial charge in [0.15, 0.2) is 0 Å². The van der Waals surface area contributed by atoms with Crippen molar-refractivity contribution in [3.05, 3.63) is 48.5 Å². The van der Waals surface area contributed by atoms with Gasteiger partial charge in [0.25, 0.3) is 0 Å². The second-order valence-corrected chi connectivity index (χ2v) is 3.49. The van der Waals surface area contributed by atoms with E-state index >= 15 is 0 Å². The molecule has 0 spiro atoms. The minimum absolute atomic E-state index is 0. The molecule has 1 N–H and O–H groups in total. The monoisotopic (exact) mass is 249 g/mol. The topological polar surface area (TPSA) is 41.6 Å². The molecule has 17 heavy (non-hydrogen) atoms. The molecule has 2 aromatic heterocycles. The Balaban J connectivity index is 0.00000108. The van der Waals surface area contributed by atoms with Gasteiger partial charge in [0.2, 0.25) is 0 Å². The summed E-state index contributed by atoms with van der Waals surface area (Å²) in [7, 11) is 0. The van der Waals surface area contributed by atoms with Crippen LogP contribution >= 0.6 is 12.4 Å². The molecule has 0 saturated heterocycles. The van der Waals surface area contributed by atoms with Crippen LogP contribution in [0.1, 0.15) is 0 Å². The lowest BCUT2D eigenvalue weighted by molar-refractivity contribution is 0.628. The molecular weight excluding hydrogens is 241 g/mol. The zero-order chi connectivity index (χ0) is 11.0. The third kappa shape index (κ3) is 2.12. The van der Waals surface area contributed by atoms with Crippen LogP contribution in [0, 0.1) is 5.82 Å². The van der Waals surface area contributed by atoms with Gasteiger partial charge in [-0.05, 0) is 18.2 Å². The first-order valence-corrected chi connectivity index (χ1v) is 4.88. The summed E-state index contributed by atoms with van der Waals surface area (Å²) in [5.74, 6) is 0.388. The number of pyridine rings is 1. The van der Waals surface area contributed by atoms with Gasteiger partial charge in [0.1, 0.15) is 17.2 Å². The Kier molecular flexibility index (Phi) is 3.06. The molecule has 5 heteroatoms. The predicted octanol–water partition coefficient (Wildman–Crippen LogP) is 3.19. The largest absolute Gasteiger partial charge is 0.338 e. The summed E-state index contributed by atoms with van der Waals surface area (Å²) in [5.41, 5.74) is 2.41. The van der Waals surface area contributed by atoms with E-state index in [2.05, 4.69) is 15.0 Å². The molecule has 0 aliphatic heterocycles. The smallest absolute Gasteiger partial charge is 0.138 e. The van der Waals surface area contributed by atoms with E-state index in [1.54, 1.807) is 18.5 Å². The van der Waals surface area contributed by atoms with Gasteiger partial charge < -0.3 is 4.98 Å². The average molecular weight is 250 g/mol. The lowest BCUT2D eigenvalue weighted by atomic mass is 10.2. The second-order valence-electron chi connectivity index (χ2n) is 3.49. The highest BCUT2D eigenvalue weighted by molar-refractivity contribution is 5.85. The molecule has 86 valence electrons. The van der Waals surface area contributed by atoms with Crippen molar-refractivity contribution in [1.29, 1.82) is 0 Å². The molecule has 0 unspecified atom stereocenters. The van der Waals surface area contributed by atoms with Crippen molar-refractivity contribution < 1.29 is 4.39 Å². The maximum atomic E-state index is 13.1. The minimum atomic E-state index is -0.268. The fraction of sp³-hybridized carbons (Fsp3) is 0. The van der Waals surface area contributed by atoms with E-state index in [4.69, 9.17) is 0 Å². The van der Waals surface area contributed by atoms with Gasteiger partial charge in [-0.15, -0.1) is 12.4 Å². The summed E-state index contributed by atoms with van der Waals surface area (Å²) in [6, 6.07) is 8.17. The van der Waals surface area contributed by atoms with Crippen LogP contribution in [0.3, 0.4) is 0 Å². The van der Waals surface area contributed by atoms with Crippen molar-refractivity contribution in [2.75, 3.05) is 0 Å². The number of hydrogen-bond donors (Lipinski definition) is 1. The van der Waals surface area contributed by atoms with Crippen LogP contribution in [0.5, 0.6) is 0 Å². The van der Waals surface area contributed by atoms with E-state index < -0.39 is 0 Å². The number of nitrogens with one attached hydrogen (secondary N) is 1. The molecule has 0 atom stereocenters. The molecule has 0 aliphatic carbocycles. The molecule has 3 rings (SSSR count). The highest BCUT2D eigenvalue weighted by atomic mass is 35.5. The van der Waals surface area contributed by atoms with E-state index in [0.29, 0.717) is 5.82 Å². The maximum Gasteiger partial charge on any atom is 0.138 e. The molecule has 1 aromatic carbocycles. The average Bonchev–Trinajstić information content (AvgIpc) is 2.72. The third-order valence-electron chi connectivity index (χ3n) is 2.38. The number of benzene rings is 1. The normalized spacial score (nSPS) is 10.2. The predicted molar refractivity (Wildman–Crippen MR) is 66.5 cm³/mol. The molecule has 3 nitrogen and oxygen atoms in total. The SMILES string of the molecule is Cl.Fc1cccc(-c2nc3cnccc3[nH]2)c1. The van der Waals surface area contributed by atoms with Crippen LogP contribution in [-0.4, -0.2) is 15.0 Å². The van der Waals surface area contributed by atoms with Gasteiger partial charge in [0.05, 0.1) is 11.7 Å². The van der Waals surface area contributed by atoms with Gasteiger partial charge in [-0.3, -0.25) is 4.98 Å². The number of halogens is 2. The van der Waals surface area contributed by atoms with Gasteiger partial charge in [-0.2, -0.15) is 0 Å². The molecule has 3 aromatic rings. The fourth-order valence-corrected chi connectivity index (χ4v) is 1.63. The lowest BCUT2D eigenvalue weighted by Crippen LogP contribution is -1.81. The van der Waals surface area contributed by atoms with Crippen LogP contribution in [-0.2, 0) is 0 Å². The van der Waals surface area contributed by atoms with Gasteiger partial charge in [0, 0.05) is 11.8 Å². The molecule has 2 heterocycles. The first kappa shape index (κ1) is 11.5. The van der Waals surface area contributed by atoms with E-state index in [9.17, 15) is 4.39 Å². The van der Waals surface area contributed by atoms with Gasteiger partial charge in [-0.25, -0.2) is 9.37 Å². The zero-order valence-electron chi connectivity index (χ0n) is 8.72. The van der Waals surface area contributed by atoms with Crippen LogP contribution in [0.25, 0.3) is 22.4 Å². The number of H-pyrrole nitrogens is 1. The Bertz CT molecular complexity index is 618. The molecular formula is C12H9ClFN3. The van der Waals surface area contributed by atoms with Crippen molar-refractivity contribution in [2.24, 2.45) is 0 Å². The number of imidazole rings is 1. The summed E-state index contributed by atoms with van der Waals surface area (Å²) in [5, 5.41) is 0. The second kappa shape index (κ2) is 4.51. The first-order chi connectivity index (χ1) is 7.83. The van der Waals surface area contributed by atoms with Crippen molar-refractivity contribution >= 4 is 23.4 Å².